The highest BCUT2D eigenvalue weighted by Gasteiger charge is 2.31. The zero-order valence-corrected chi connectivity index (χ0v) is 12.9. The number of carbonyl (C=O) groups excluding carboxylic acids is 1. The molecule has 0 unspecified atom stereocenters. The molecule has 114 valence electrons. The van der Waals surface area contributed by atoms with Gasteiger partial charge in [0.2, 0.25) is 0 Å². The van der Waals surface area contributed by atoms with Gasteiger partial charge in [-0.15, -0.1) is 0 Å². The third-order valence-electron chi connectivity index (χ3n) is 3.49. The van der Waals surface area contributed by atoms with Gasteiger partial charge in [-0.3, -0.25) is 0 Å². The predicted octanol–water partition coefficient (Wildman–Crippen LogP) is 4.31. The molecule has 0 radical (unpaired) electrons. The van der Waals surface area contributed by atoms with E-state index in [-0.39, 0.29) is 5.97 Å². The molecule has 0 bridgehead atoms. The fraction of sp³-hybridized carbons (Fsp3) is 0.278. The Morgan fingerprint density at radius 1 is 1.09 bits per heavy atom. The summed E-state index contributed by atoms with van der Waals surface area (Å²) in [5, 5.41) is 2.09. The van der Waals surface area contributed by atoms with Crippen LogP contribution in [0.3, 0.4) is 0 Å². The molecule has 0 saturated heterocycles. The van der Waals surface area contributed by atoms with Crippen molar-refractivity contribution in [3.8, 4) is 5.75 Å². The maximum Gasteiger partial charge on any atom is 0.349 e. The number of para-hydroxylation sites is 1. The van der Waals surface area contributed by atoms with Crippen molar-refractivity contribution in [2.24, 2.45) is 0 Å². The Hall–Kier alpha value is -2.49. The summed E-state index contributed by atoms with van der Waals surface area (Å²) in [4.78, 5) is 11.9. The van der Waals surface area contributed by atoms with Gasteiger partial charge >= 0.3 is 5.97 Å². The molecule has 0 saturated carbocycles. The van der Waals surface area contributed by atoms with Gasteiger partial charge in [0.05, 0.1) is 6.61 Å². The minimum atomic E-state index is -1.05. The SMILES string of the molecule is CCOC(=O)C(C)(C)Oc1ccc2c(c1)oc1ccccc12. The van der Waals surface area contributed by atoms with Gasteiger partial charge in [-0.25, -0.2) is 4.79 Å². The molecule has 0 aliphatic heterocycles. The number of fused-ring (bicyclic) bond motifs is 3. The number of benzene rings is 2. The van der Waals surface area contributed by atoms with Crippen LogP contribution in [0.2, 0.25) is 0 Å². The lowest BCUT2D eigenvalue weighted by molar-refractivity contribution is -0.158. The van der Waals surface area contributed by atoms with Gasteiger partial charge < -0.3 is 13.9 Å². The molecular formula is C18H18O4. The Labute approximate surface area is 128 Å². The van der Waals surface area contributed by atoms with Crippen LogP contribution in [-0.4, -0.2) is 18.2 Å². The molecule has 2 aromatic carbocycles. The Morgan fingerprint density at radius 3 is 2.59 bits per heavy atom. The quantitative estimate of drug-likeness (QED) is 0.674. The number of esters is 1. The first-order valence-corrected chi connectivity index (χ1v) is 7.29. The zero-order chi connectivity index (χ0) is 15.7. The smallest absolute Gasteiger partial charge is 0.349 e. The number of furan rings is 1. The minimum absolute atomic E-state index is 0.328. The number of rotatable bonds is 4. The number of hydrogen-bond donors (Lipinski definition) is 0. The molecule has 3 aromatic rings. The van der Waals surface area contributed by atoms with E-state index in [1.807, 2.05) is 36.4 Å². The summed E-state index contributed by atoms with van der Waals surface area (Å²) >= 11 is 0. The highest BCUT2D eigenvalue weighted by Crippen LogP contribution is 2.32. The van der Waals surface area contributed by atoms with Crippen LogP contribution >= 0.6 is 0 Å². The van der Waals surface area contributed by atoms with Crippen LogP contribution in [0, 0.1) is 0 Å². The van der Waals surface area contributed by atoms with E-state index in [0.29, 0.717) is 12.4 Å². The maximum atomic E-state index is 11.9. The normalized spacial score (nSPS) is 11.8. The second-order valence-electron chi connectivity index (χ2n) is 5.59. The predicted molar refractivity (Wildman–Crippen MR) is 85.1 cm³/mol. The van der Waals surface area contributed by atoms with E-state index < -0.39 is 5.60 Å². The van der Waals surface area contributed by atoms with Crippen LogP contribution < -0.4 is 4.74 Å². The fourth-order valence-corrected chi connectivity index (χ4v) is 2.41. The molecule has 4 heteroatoms. The molecule has 1 aromatic heterocycles. The fourth-order valence-electron chi connectivity index (χ4n) is 2.41. The standard InChI is InChI=1S/C18H18O4/c1-4-20-17(19)18(2,3)22-12-9-10-14-13-7-5-6-8-15(13)21-16(14)11-12/h5-11H,4H2,1-3H3. The molecule has 4 nitrogen and oxygen atoms in total. The van der Waals surface area contributed by atoms with E-state index in [4.69, 9.17) is 13.9 Å². The van der Waals surface area contributed by atoms with E-state index >= 15 is 0 Å². The molecule has 0 amide bonds. The summed E-state index contributed by atoms with van der Waals surface area (Å²) in [5.41, 5.74) is 0.521. The highest BCUT2D eigenvalue weighted by atomic mass is 16.6. The lowest BCUT2D eigenvalue weighted by Gasteiger charge is -2.23. The monoisotopic (exact) mass is 298 g/mol. The van der Waals surface area contributed by atoms with Gasteiger partial charge in [-0.05, 0) is 39.0 Å². The molecule has 0 atom stereocenters. The molecule has 22 heavy (non-hydrogen) atoms. The topological polar surface area (TPSA) is 48.7 Å². The van der Waals surface area contributed by atoms with E-state index in [0.717, 1.165) is 21.9 Å². The van der Waals surface area contributed by atoms with Gasteiger partial charge in [0, 0.05) is 16.8 Å². The Morgan fingerprint density at radius 2 is 1.82 bits per heavy atom. The van der Waals surface area contributed by atoms with Crippen LogP contribution in [0.5, 0.6) is 5.75 Å². The van der Waals surface area contributed by atoms with Crippen LogP contribution in [0.4, 0.5) is 0 Å². The number of ether oxygens (including phenoxy) is 2. The largest absolute Gasteiger partial charge is 0.476 e. The van der Waals surface area contributed by atoms with Gasteiger partial charge in [0.25, 0.3) is 0 Å². The van der Waals surface area contributed by atoms with E-state index in [2.05, 4.69) is 0 Å². The summed E-state index contributed by atoms with van der Waals surface area (Å²) in [5.74, 6) is 0.185. The van der Waals surface area contributed by atoms with Crippen molar-refractivity contribution in [1.82, 2.24) is 0 Å². The summed E-state index contributed by atoms with van der Waals surface area (Å²) in [6.45, 7) is 5.48. The molecule has 0 aliphatic carbocycles. The van der Waals surface area contributed by atoms with Crippen molar-refractivity contribution < 1.29 is 18.7 Å². The molecule has 3 rings (SSSR count). The average Bonchev–Trinajstić information content (AvgIpc) is 2.84. The van der Waals surface area contributed by atoms with Crippen molar-refractivity contribution in [2.75, 3.05) is 6.61 Å². The minimum Gasteiger partial charge on any atom is -0.476 e. The van der Waals surface area contributed by atoms with Crippen LogP contribution in [0.15, 0.2) is 46.9 Å². The molecule has 0 aliphatic rings. The summed E-state index contributed by atoms with van der Waals surface area (Å²) in [6.07, 6.45) is 0. The third-order valence-corrected chi connectivity index (χ3v) is 3.49. The first-order chi connectivity index (χ1) is 10.5. The Balaban J connectivity index is 1.95. The van der Waals surface area contributed by atoms with E-state index in [9.17, 15) is 4.79 Å². The molecule has 0 spiro atoms. The molecular weight excluding hydrogens is 280 g/mol. The molecule has 1 heterocycles. The maximum absolute atomic E-state index is 11.9. The van der Waals surface area contributed by atoms with Crippen molar-refractivity contribution in [1.29, 1.82) is 0 Å². The van der Waals surface area contributed by atoms with Crippen molar-refractivity contribution in [3.63, 3.8) is 0 Å². The van der Waals surface area contributed by atoms with Gasteiger partial charge in [0.15, 0.2) is 5.60 Å². The average molecular weight is 298 g/mol. The first-order valence-electron chi connectivity index (χ1n) is 7.29. The van der Waals surface area contributed by atoms with Gasteiger partial charge in [-0.2, -0.15) is 0 Å². The summed E-state index contributed by atoms with van der Waals surface area (Å²) < 4.78 is 16.6. The second kappa shape index (κ2) is 5.37. The van der Waals surface area contributed by atoms with E-state index in [1.165, 1.54) is 0 Å². The highest BCUT2D eigenvalue weighted by molar-refractivity contribution is 6.05. The van der Waals surface area contributed by atoms with Crippen molar-refractivity contribution >= 4 is 27.9 Å². The van der Waals surface area contributed by atoms with Crippen LogP contribution in [-0.2, 0) is 9.53 Å². The Kier molecular flexibility index (Phi) is 3.53. The van der Waals surface area contributed by atoms with Crippen LogP contribution in [0.1, 0.15) is 20.8 Å². The van der Waals surface area contributed by atoms with Crippen molar-refractivity contribution in [3.05, 3.63) is 42.5 Å². The molecule has 0 N–H and O–H groups in total. The summed E-state index contributed by atoms with van der Waals surface area (Å²) in [6, 6.07) is 13.4. The summed E-state index contributed by atoms with van der Waals surface area (Å²) in [7, 11) is 0. The Bertz CT molecular complexity index is 829. The first kappa shape index (κ1) is 14.4. The number of hydrogen-bond acceptors (Lipinski definition) is 4. The zero-order valence-electron chi connectivity index (χ0n) is 12.9. The lowest BCUT2D eigenvalue weighted by atomic mass is 10.1. The van der Waals surface area contributed by atoms with Crippen molar-refractivity contribution in [2.45, 2.75) is 26.4 Å². The third kappa shape index (κ3) is 2.52. The van der Waals surface area contributed by atoms with Crippen LogP contribution in [0.25, 0.3) is 21.9 Å². The second-order valence-corrected chi connectivity index (χ2v) is 5.59. The van der Waals surface area contributed by atoms with Gasteiger partial charge in [0.1, 0.15) is 16.9 Å². The van der Waals surface area contributed by atoms with E-state index in [1.54, 1.807) is 26.8 Å². The number of carbonyl (C=O) groups is 1. The lowest BCUT2D eigenvalue weighted by Crippen LogP contribution is -2.39. The van der Waals surface area contributed by atoms with Gasteiger partial charge in [-0.1, -0.05) is 18.2 Å². The molecule has 0 fully saturated rings.